The van der Waals surface area contributed by atoms with Crippen molar-refractivity contribution in [2.45, 2.75) is 0 Å². The first-order chi connectivity index (χ1) is 7.09. The Morgan fingerprint density at radius 1 is 1.47 bits per heavy atom. The molecule has 1 heterocycles. The van der Waals surface area contributed by atoms with Crippen molar-refractivity contribution >= 4 is 44.3 Å². The van der Waals surface area contributed by atoms with Crippen LogP contribution in [0.25, 0.3) is 11.3 Å². The predicted octanol–water partition coefficient (Wildman–Crippen LogP) is 3.43. The van der Waals surface area contributed by atoms with Gasteiger partial charge in [0.25, 0.3) is 0 Å². The molecule has 2 rings (SSSR count). The Morgan fingerprint density at radius 3 is 2.73 bits per heavy atom. The summed E-state index contributed by atoms with van der Waals surface area (Å²) in [5, 5.41) is 3.61. The van der Waals surface area contributed by atoms with Gasteiger partial charge in [0.05, 0.1) is 0 Å². The first-order valence-corrected chi connectivity index (χ1v) is 5.83. The zero-order valence-corrected chi connectivity index (χ0v) is 11.0. The first kappa shape index (κ1) is 10.9. The van der Waals surface area contributed by atoms with Gasteiger partial charge in [-0.2, -0.15) is 0 Å². The quantitative estimate of drug-likeness (QED) is 0.769. The van der Waals surface area contributed by atoms with Gasteiger partial charge >= 0.3 is 0 Å². The van der Waals surface area contributed by atoms with E-state index in [2.05, 4.69) is 21.1 Å². The molecule has 1 aromatic carbocycles. The minimum absolute atomic E-state index is 0.283. The van der Waals surface area contributed by atoms with Crippen molar-refractivity contribution in [3.8, 4) is 11.3 Å². The molecular formula is C9H5BrFIN2O. The Balaban J connectivity index is 2.59. The van der Waals surface area contributed by atoms with Crippen LogP contribution in [0.2, 0.25) is 0 Å². The van der Waals surface area contributed by atoms with Crippen molar-refractivity contribution in [2.24, 2.45) is 0 Å². The number of benzene rings is 1. The van der Waals surface area contributed by atoms with Gasteiger partial charge in [0, 0.05) is 9.13 Å². The van der Waals surface area contributed by atoms with E-state index >= 15 is 0 Å². The van der Waals surface area contributed by atoms with E-state index in [1.807, 2.05) is 22.6 Å². The number of nitrogens with two attached hydrogens (primary N) is 1. The molecule has 78 valence electrons. The average molecular weight is 383 g/mol. The smallest absolute Gasteiger partial charge is 0.184 e. The molecule has 0 aliphatic rings. The minimum atomic E-state index is -0.285. The van der Waals surface area contributed by atoms with Gasteiger partial charge in [0.15, 0.2) is 11.6 Å². The van der Waals surface area contributed by atoms with Gasteiger partial charge in [-0.15, -0.1) is 0 Å². The molecule has 0 saturated carbocycles. The van der Waals surface area contributed by atoms with E-state index in [4.69, 9.17) is 10.3 Å². The second kappa shape index (κ2) is 4.09. The molecule has 0 saturated heterocycles. The van der Waals surface area contributed by atoms with Crippen molar-refractivity contribution in [3.63, 3.8) is 0 Å². The van der Waals surface area contributed by atoms with Crippen LogP contribution in [0.5, 0.6) is 0 Å². The van der Waals surface area contributed by atoms with Crippen molar-refractivity contribution in [3.05, 3.63) is 32.1 Å². The van der Waals surface area contributed by atoms with E-state index in [0.29, 0.717) is 10.2 Å². The van der Waals surface area contributed by atoms with Crippen LogP contribution >= 0.6 is 38.5 Å². The van der Waals surface area contributed by atoms with Gasteiger partial charge in [0.1, 0.15) is 10.3 Å². The molecule has 0 aliphatic heterocycles. The number of nitrogen functional groups attached to an aromatic ring is 1. The number of nitrogens with zero attached hydrogens (tertiary/aromatic N) is 1. The molecule has 0 fully saturated rings. The third kappa shape index (κ3) is 2.00. The Hall–Kier alpha value is -0.630. The molecule has 0 spiro atoms. The predicted molar refractivity (Wildman–Crippen MR) is 66.7 cm³/mol. The highest BCUT2D eigenvalue weighted by Crippen LogP contribution is 2.35. The lowest BCUT2D eigenvalue weighted by atomic mass is 10.2. The van der Waals surface area contributed by atoms with Gasteiger partial charge in [-0.05, 0) is 56.7 Å². The van der Waals surface area contributed by atoms with Crippen LogP contribution in [0, 0.1) is 9.39 Å². The largest absolute Gasteiger partial charge is 0.380 e. The fraction of sp³-hybridized carbons (Fsp3) is 0. The summed E-state index contributed by atoms with van der Waals surface area (Å²) in [6.07, 6.45) is 0. The molecule has 2 N–H and O–H groups in total. The second-order valence-corrected chi connectivity index (χ2v) is 4.79. The highest BCUT2D eigenvalue weighted by Gasteiger charge is 2.15. The van der Waals surface area contributed by atoms with Gasteiger partial charge < -0.3 is 10.3 Å². The highest BCUT2D eigenvalue weighted by atomic mass is 127. The Kier molecular flexibility index (Phi) is 2.96. The number of halogens is 3. The van der Waals surface area contributed by atoms with Crippen molar-refractivity contribution in [1.29, 1.82) is 0 Å². The summed E-state index contributed by atoms with van der Waals surface area (Å²) in [6.45, 7) is 0. The summed E-state index contributed by atoms with van der Waals surface area (Å²) in [5.74, 6) is 0.508. The standard InChI is InChI=1S/C9H5BrFIN2O/c10-7-8(15-14-9(7)13)5-2-1-4(11)3-6(5)12/h1-3H,(H2,13,14). The average Bonchev–Trinajstić information content (AvgIpc) is 2.49. The normalized spacial score (nSPS) is 10.6. The molecule has 6 heteroatoms. The Bertz CT molecular complexity index is 515. The molecule has 1 aromatic heterocycles. The van der Waals surface area contributed by atoms with Crippen LogP contribution < -0.4 is 5.73 Å². The van der Waals surface area contributed by atoms with E-state index in [1.54, 1.807) is 6.07 Å². The third-order valence-corrected chi connectivity index (χ3v) is 3.49. The maximum atomic E-state index is 12.9. The van der Waals surface area contributed by atoms with Crippen molar-refractivity contribution in [2.75, 3.05) is 5.73 Å². The van der Waals surface area contributed by atoms with Crippen LogP contribution in [0.4, 0.5) is 10.2 Å². The molecule has 0 amide bonds. The van der Waals surface area contributed by atoms with Gasteiger partial charge in [-0.25, -0.2) is 4.39 Å². The lowest BCUT2D eigenvalue weighted by molar-refractivity contribution is 0.435. The van der Waals surface area contributed by atoms with Crippen LogP contribution in [0.1, 0.15) is 0 Å². The molecule has 0 atom stereocenters. The summed E-state index contributed by atoms with van der Waals surface area (Å²) < 4.78 is 19.3. The van der Waals surface area contributed by atoms with E-state index in [9.17, 15) is 4.39 Å². The molecule has 15 heavy (non-hydrogen) atoms. The number of hydrogen-bond acceptors (Lipinski definition) is 3. The lowest BCUT2D eigenvalue weighted by Crippen LogP contribution is -1.85. The summed E-state index contributed by atoms with van der Waals surface area (Å²) in [5.41, 5.74) is 6.29. The Morgan fingerprint density at radius 2 is 2.20 bits per heavy atom. The topological polar surface area (TPSA) is 52.0 Å². The van der Waals surface area contributed by atoms with Gasteiger partial charge in [-0.3, -0.25) is 0 Å². The molecule has 0 unspecified atom stereocenters. The van der Waals surface area contributed by atoms with Crippen LogP contribution in [0.3, 0.4) is 0 Å². The fourth-order valence-corrected chi connectivity index (χ4v) is 2.21. The second-order valence-electron chi connectivity index (χ2n) is 2.84. The van der Waals surface area contributed by atoms with Gasteiger partial charge in [0.2, 0.25) is 0 Å². The fourth-order valence-electron chi connectivity index (χ4n) is 1.13. The maximum absolute atomic E-state index is 12.9. The van der Waals surface area contributed by atoms with E-state index in [-0.39, 0.29) is 11.6 Å². The zero-order chi connectivity index (χ0) is 11.0. The molecule has 3 nitrogen and oxygen atoms in total. The van der Waals surface area contributed by atoms with Crippen LogP contribution in [-0.4, -0.2) is 5.16 Å². The summed E-state index contributed by atoms with van der Waals surface area (Å²) in [6, 6.07) is 4.41. The van der Waals surface area contributed by atoms with E-state index in [0.717, 1.165) is 9.13 Å². The molecule has 0 bridgehead atoms. The SMILES string of the molecule is Nc1noc(-c2ccc(F)cc2I)c1Br. The Labute approximate surface area is 107 Å². The molecule has 0 radical (unpaired) electrons. The number of anilines is 1. The lowest BCUT2D eigenvalue weighted by Gasteiger charge is -2.00. The molecular weight excluding hydrogens is 378 g/mol. The highest BCUT2D eigenvalue weighted by molar-refractivity contribution is 14.1. The van der Waals surface area contributed by atoms with Crippen LogP contribution in [0.15, 0.2) is 27.2 Å². The van der Waals surface area contributed by atoms with Crippen LogP contribution in [-0.2, 0) is 0 Å². The summed E-state index contributed by atoms with van der Waals surface area (Å²) in [4.78, 5) is 0. The maximum Gasteiger partial charge on any atom is 0.184 e. The van der Waals surface area contributed by atoms with Crippen molar-refractivity contribution in [1.82, 2.24) is 5.16 Å². The first-order valence-electron chi connectivity index (χ1n) is 3.95. The van der Waals surface area contributed by atoms with E-state index < -0.39 is 0 Å². The minimum Gasteiger partial charge on any atom is -0.380 e. The molecule has 2 aromatic rings. The number of hydrogen-bond donors (Lipinski definition) is 1. The number of aromatic nitrogens is 1. The molecule has 0 aliphatic carbocycles. The summed E-state index contributed by atoms with van der Waals surface area (Å²) in [7, 11) is 0. The van der Waals surface area contributed by atoms with Gasteiger partial charge in [-0.1, -0.05) is 5.16 Å². The zero-order valence-electron chi connectivity index (χ0n) is 7.30. The van der Waals surface area contributed by atoms with E-state index in [1.165, 1.54) is 12.1 Å². The summed E-state index contributed by atoms with van der Waals surface area (Å²) >= 11 is 5.29. The monoisotopic (exact) mass is 382 g/mol. The number of rotatable bonds is 1. The van der Waals surface area contributed by atoms with Crippen molar-refractivity contribution < 1.29 is 8.91 Å². The third-order valence-electron chi connectivity index (χ3n) is 1.84.